The lowest BCUT2D eigenvalue weighted by molar-refractivity contribution is 0.399. The van der Waals surface area contributed by atoms with Crippen molar-refractivity contribution in [1.29, 1.82) is 0 Å². The van der Waals surface area contributed by atoms with Crippen LogP contribution in [-0.4, -0.2) is 17.2 Å². The van der Waals surface area contributed by atoms with E-state index in [2.05, 4.69) is 17.1 Å². The predicted molar refractivity (Wildman–Crippen MR) is 50.1 cm³/mol. The molecule has 2 nitrogen and oxygen atoms in total. The number of nitrogens with one attached hydrogen (secondary N) is 1. The van der Waals surface area contributed by atoms with E-state index in [0.717, 1.165) is 13.0 Å². The summed E-state index contributed by atoms with van der Waals surface area (Å²) >= 11 is 0. The number of aromatic amines is 1. The van der Waals surface area contributed by atoms with E-state index in [0.29, 0.717) is 0 Å². The van der Waals surface area contributed by atoms with E-state index >= 15 is 0 Å². The van der Waals surface area contributed by atoms with E-state index in [1.54, 1.807) is 0 Å². The monoisotopic (exact) mass is 167 g/mol. The minimum atomic E-state index is 0.843. The summed E-state index contributed by atoms with van der Waals surface area (Å²) in [6.07, 6.45) is 7.64. The first-order chi connectivity index (χ1) is 5.97. The molecule has 0 amide bonds. The predicted octanol–water partition coefficient (Wildman–Crippen LogP) is 2.28. The van der Waals surface area contributed by atoms with Gasteiger partial charge in [0, 0.05) is 19.0 Å². The average molecular weight is 167 g/mol. The van der Waals surface area contributed by atoms with Gasteiger partial charge in [-0.15, -0.1) is 0 Å². The second kappa shape index (κ2) is 4.99. The summed E-state index contributed by atoms with van der Waals surface area (Å²) in [6, 6.07) is 4.30. The maximum Gasteiger partial charge on any atom is 0.0319 e. The van der Waals surface area contributed by atoms with Gasteiger partial charge < -0.3 is 10.1 Å². The molecule has 0 bridgehead atoms. The first-order valence-electron chi connectivity index (χ1n) is 4.55. The molecule has 0 radical (unpaired) electrons. The Bertz CT molecular complexity index is 188. The van der Waals surface area contributed by atoms with Gasteiger partial charge in [0.2, 0.25) is 0 Å². The molecule has 0 aromatic carbocycles. The molecule has 0 atom stereocenters. The minimum Gasteiger partial charge on any atom is -0.400 e. The average Bonchev–Trinajstić information content (AvgIpc) is 2.80. The van der Waals surface area contributed by atoms with Gasteiger partial charge >= 0.3 is 0 Å². The molecule has 0 aliphatic heterocycles. The summed E-state index contributed by atoms with van der Waals surface area (Å²) in [6.45, 7) is 0. The first kappa shape index (κ1) is 9.33. The lowest BCUT2D eigenvalue weighted by Crippen LogP contribution is -1.90. The molecule has 1 aliphatic carbocycles. The summed E-state index contributed by atoms with van der Waals surface area (Å²) in [5.74, 6) is 0.843. The van der Waals surface area contributed by atoms with Gasteiger partial charge in [0.05, 0.1) is 0 Å². The highest BCUT2D eigenvalue weighted by Gasteiger charge is 2.16. The van der Waals surface area contributed by atoms with Crippen molar-refractivity contribution in [3.63, 3.8) is 0 Å². The lowest BCUT2D eigenvalue weighted by Gasteiger charge is -2.03. The Morgan fingerprint density at radius 2 is 2.00 bits per heavy atom. The summed E-state index contributed by atoms with van der Waals surface area (Å²) in [4.78, 5) is 3.28. The van der Waals surface area contributed by atoms with Gasteiger partial charge in [0.1, 0.15) is 0 Å². The molecule has 2 N–H and O–H groups in total. The normalized spacial score (nSPS) is 17.2. The number of hydrogen-bond acceptors (Lipinski definition) is 1. The maximum atomic E-state index is 7.00. The summed E-state index contributed by atoms with van der Waals surface area (Å²) in [7, 11) is 1.00. The molecular formula is C10H17NO. The molecule has 1 saturated carbocycles. The Kier molecular flexibility index (Phi) is 3.88. The number of aliphatic hydroxyl groups is 1. The molecule has 2 rings (SSSR count). The van der Waals surface area contributed by atoms with E-state index in [9.17, 15) is 0 Å². The van der Waals surface area contributed by atoms with Crippen LogP contribution >= 0.6 is 0 Å². The zero-order valence-electron chi connectivity index (χ0n) is 7.59. The van der Waals surface area contributed by atoms with Crippen LogP contribution in [0.15, 0.2) is 18.3 Å². The Balaban J connectivity index is 0.000000336. The highest BCUT2D eigenvalue weighted by Crippen LogP contribution is 2.32. The largest absolute Gasteiger partial charge is 0.400 e. The highest BCUT2D eigenvalue weighted by atomic mass is 16.2. The third-order valence-corrected chi connectivity index (χ3v) is 2.42. The van der Waals surface area contributed by atoms with Crippen molar-refractivity contribution in [2.45, 2.75) is 31.6 Å². The fraction of sp³-hybridized carbons (Fsp3) is 0.600. The SMILES string of the molecule is CO.c1c[nH]c(C2CCCC2)c1. The van der Waals surface area contributed by atoms with Gasteiger partial charge in [-0.2, -0.15) is 0 Å². The Labute approximate surface area is 73.6 Å². The number of hydrogen-bond donors (Lipinski definition) is 2. The van der Waals surface area contributed by atoms with E-state index in [-0.39, 0.29) is 0 Å². The highest BCUT2D eigenvalue weighted by molar-refractivity contribution is 5.10. The van der Waals surface area contributed by atoms with Crippen LogP contribution in [0, 0.1) is 0 Å². The van der Waals surface area contributed by atoms with Gasteiger partial charge in [-0.1, -0.05) is 12.8 Å². The Hall–Kier alpha value is -0.760. The topological polar surface area (TPSA) is 36.0 Å². The van der Waals surface area contributed by atoms with E-state index < -0.39 is 0 Å². The van der Waals surface area contributed by atoms with E-state index in [4.69, 9.17) is 5.11 Å². The summed E-state index contributed by atoms with van der Waals surface area (Å²) in [5, 5.41) is 7.00. The standard InChI is InChI=1S/C9H13N.CH4O/c1-2-5-8(4-1)9-6-3-7-10-9;1-2/h3,6-8,10H,1-2,4-5H2;2H,1H3. The maximum absolute atomic E-state index is 7.00. The number of aliphatic hydroxyl groups excluding tert-OH is 1. The van der Waals surface area contributed by atoms with Gasteiger partial charge in [-0.05, 0) is 30.9 Å². The van der Waals surface area contributed by atoms with Crippen LogP contribution in [0.1, 0.15) is 37.3 Å². The summed E-state index contributed by atoms with van der Waals surface area (Å²) in [5.41, 5.74) is 1.44. The van der Waals surface area contributed by atoms with Crippen LogP contribution in [0.4, 0.5) is 0 Å². The molecule has 12 heavy (non-hydrogen) atoms. The van der Waals surface area contributed by atoms with E-state index in [1.807, 2.05) is 6.20 Å². The fourth-order valence-electron chi connectivity index (χ4n) is 1.83. The van der Waals surface area contributed by atoms with Gasteiger partial charge in [0.25, 0.3) is 0 Å². The van der Waals surface area contributed by atoms with Crippen molar-refractivity contribution in [3.8, 4) is 0 Å². The molecule has 1 aromatic heterocycles. The second-order valence-corrected chi connectivity index (χ2v) is 3.11. The lowest BCUT2D eigenvalue weighted by atomic mass is 10.1. The molecule has 2 heteroatoms. The van der Waals surface area contributed by atoms with Crippen LogP contribution in [0.3, 0.4) is 0 Å². The third-order valence-electron chi connectivity index (χ3n) is 2.42. The van der Waals surface area contributed by atoms with Gasteiger partial charge in [0.15, 0.2) is 0 Å². The van der Waals surface area contributed by atoms with Crippen molar-refractivity contribution < 1.29 is 5.11 Å². The van der Waals surface area contributed by atoms with E-state index in [1.165, 1.54) is 31.4 Å². The number of rotatable bonds is 1. The smallest absolute Gasteiger partial charge is 0.0319 e. The quantitative estimate of drug-likeness (QED) is 0.661. The third kappa shape index (κ3) is 2.11. The van der Waals surface area contributed by atoms with Crippen LogP contribution in [0.2, 0.25) is 0 Å². The van der Waals surface area contributed by atoms with Crippen molar-refractivity contribution in [2.24, 2.45) is 0 Å². The zero-order valence-corrected chi connectivity index (χ0v) is 7.59. The zero-order chi connectivity index (χ0) is 8.81. The Morgan fingerprint density at radius 3 is 2.50 bits per heavy atom. The van der Waals surface area contributed by atoms with Crippen LogP contribution < -0.4 is 0 Å². The number of H-pyrrole nitrogens is 1. The van der Waals surface area contributed by atoms with Crippen molar-refractivity contribution >= 4 is 0 Å². The minimum absolute atomic E-state index is 0.843. The first-order valence-corrected chi connectivity index (χ1v) is 4.55. The molecule has 1 aliphatic rings. The van der Waals surface area contributed by atoms with Crippen LogP contribution in [0.25, 0.3) is 0 Å². The van der Waals surface area contributed by atoms with Crippen molar-refractivity contribution in [2.75, 3.05) is 7.11 Å². The molecule has 1 aromatic rings. The van der Waals surface area contributed by atoms with Crippen LogP contribution in [0.5, 0.6) is 0 Å². The molecule has 0 saturated heterocycles. The van der Waals surface area contributed by atoms with Crippen molar-refractivity contribution in [3.05, 3.63) is 24.0 Å². The summed E-state index contributed by atoms with van der Waals surface area (Å²) < 4.78 is 0. The molecular weight excluding hydrogens is 150 g/mol. The fourth-order valence-corrected chi connectivity index (χ4v) is 1.83. The molecule has 1 heterocycles. The molecule has 0 spiro atoms. The second-order valence-electron chi connectivity index (χ2n) is 3.11. The molecule has 1 fully saturated rings. The molecule has 68 valence electrons. The number of aromatic nitrogens is 1. The van der Waals surface area contributed by atoms with Gasteiger partial charge in [-0.3, -0.25) is 0 Å². The molecule has 0 unspecified atom stereocenters. The van der Waals surface area contributed by atoms with Crippen LogP contribution in [-0.2, 0) is 0 Å². The van der Waals surface area contributed by atoms with Crippen molar-refractivity contribution in [1.82, 2.24) is 4.98 Å². The van der Waals surface area contributed by atoms with Gasteiger partial charge in [-0.25, -0.2) is 0 Å². The Morgan fingerprint density at radius 1 is 1.33 bits per heavy atom.